The Morgan fingerprint density at radius 2 is 2.18 bits per heavy atom. The van der Waals surface area contributed by atoms with Crippen LogP contribution in [-0.2, 0) is 0 Å². The minimum atomic E-state index is 0.142. The lowest BCUT2D eigenvalue weighted by molar-refractivity contribution is 0.318. The molecule has 0 amide bonds. The lowest BCUT2D eigenvalue weighted by Gasteiger charge is -2.09. The van der Waals surface area contributed by atoms with E-state index in [2.05, 4.69) is 10.1 Å². The number of aromatic nitrogens is 1. The molecule has 0 spiro atoms. The second-order valence-electron chi connectivity index (χ2n) is 4.34. The monoisotopic (exact) mass is 251 g/mol. The van der Waals surface area contributed by atoms with Crippen LogP contribution in [-0.4, -0.2) is 21.3 Å². The molecule has 17 heavy (non-hydrogen) atoms. The zero-order chi connectivity index (χ0) is 12.3. The fourth-order valence-electron chi connectivity index (χ4n) is 2.08. The van der Waals surface area contributed by atoms with E-state index in [1.165, 1.54) is 25.7 Å². The predicted octanol–water partition coefficient (Wildman–Crippen LogP) is 2.52. The summed E-state index contributed by atoms with van der Waals surface area (Å²) in [7, 11) is 0. The molecule has 1 aromatic rings. The van der Waals surface area contributed by atoms with E-state index >= 15 is 0 Å². The van der Waals surface area contributed by atoms with Crippen LogP contribution in [0.25, 0.3) is 0 Å². The van der Waals surface area contributed by atoms with Crippen LogP contribution in [0.5, 0.6) is 0 Å². The van der Waals surface area contributed by atoms with Gasteiger partial charge < -0.3 is 10.9 Å². The molecule has 1 aliphatic rings. The lowest BCUT2D eigenvalue weighted by atomic mass is 10.2. The van der Waals surface area contributed by atoms with Crippen LogP contribution in [0.2, 0.25) is 0 Å². The Morgan fingerprint density at radius 1 is 1.47 bits per heavy atom. The number of thioether (sulfide) groups is 1. The van der Waals surface area contributed by atoms with Crippen molar-refractivity contribution < 1.29 is 5.21 Å². The first-order valence-corrected chi connectivity index (χ1v) is 6.70. The quantitative estimate of drug-likeness (QED) is 0.375. The van der Waals surface area contributed by atoms with Crippen molar-refractivity contribution in [2.75, 3.05) is 0 Å². The zero-order valence-corrected chi connectivity index (χ0v) is 10.7. The molecule has 1 aliphatic carbocycles. The van der Waals surface area contributed by atoms with E-state index in [1.807, 2.05) is 19.1 Å². The van der Waals surface area contributed by atoms with E-state index in [0.29, 0.717) is 5.25 Å². The summed E-state index contributed by atoms with van der Waals surface area (Å²) in [5.74, 6) is 0.142. The number of nitrogens with two attached hydrogens (primary N) is 1. The van der Waals surface area contributed by atoms with Crippen molar-refractivity contribution in [2.24, 2.45) is 10.9 Å². The van der Waals surface area contributed by atoms with Crippen molar-refractivity contribution in [3.8, 4) is 0 Å². The second-order valence-corrected chi connectivity index (χ2v) is 5.67. The van der Waals surface area contributed by atoms with Crippen LogP contribution in [0, 0.1) is 6.92 Å². The van der Waals surface area contributed by atoms with Crippen LogP contribution in [0.3, 0.4) is 0 Å². The molecular weight excluding hydrogens is 234 g/mol. The number of aryl methyl sites for hydroxylation is 1. The molecule has 1 aromatic heterocycles. The molecule has 1 heterocycles. The van der Waals surface area contributed by atoms with Gasteiger partial charge in [-0.2, -0.15) is 0 Å². The van der Waals surface area contributed by atoms with E-state index in [1.54, 1.807) is 11.8 Å². The van der Waals surface area contributed by atoms with E-state index in [0.717, 1.165) is 16.3 Å². The Bertz CT molecular complexity index is 428. The summed E-state index contributed by atoms with van der Waals surface area (Å²) in [4.78, 5) is 4.48. The highest BCUT2D eigenvalue weighted by Gasteiger charge is 2.17. The van der Waals surface area contributed by atoms with Crippen LogP contribution in [0.4, 0.5) is 0 Å². The van der Waals surface area contributed by atoms with Gasteiger partial charge in [0.2, 0.25) is 0 Å². The van der Waals surface area contributed by atoms with E-state index in [4.69, 9.17) is 10.9 Å². The Kier molecular flexibility index (Phi) is 3.89. The lowest BCUT2D eigenvalue weighted by Crippen LogP contribution is -2.14. The molecule has 0 aromatic carbocycles. The molecule has 0 unspecified atom stereocenters. The SMILES string of the molecule is Cc1cc(/C(N)=N/O)cc(SC2CCCC2)n1. The summed E-state index contributed by atoms with van der Waals surface area (Å²) in [5.41, 5.74) is 7.24. The van der Waals surface area contributed by atoms with Crippen molar-refractivity contribution in [3.63, 3.8) is 0 Å². The van der Waals surface area contributed by atoms with E-state index in [-0.39, 0.29) is 5.84 Å². The van der Waals surface area contributed by atoms with Crippen molar-refractivity contribution in [1.29, 1.82) is 0 Å². The van der Waals surface area contributed by atoms with Gasteiger partial charge in [0.05, 0.1) is 5.03 Å². The Morgan fingerprint density at radius 3 is 2.82 bits per heavy atom. The van der Waals surface area contributed by atoms with Gasteiger partial charge in [-0.3, -0.25) is 0 Å². The zero-order valence-electron chi connectivity index (χ0n) is 9.89. The van der Waals surface area contributed by atoms with Gasteiger partial charge in [-0.15, -0.1) is 11.8 Å². The first-order valence-electron chi connectivity index (χ1n) is 5.82. The highest BCUT2D eigenvalue weighted by Crippen LogP contribution is 2.34. The number of nitrogens with zero attached hydrogens (tertiary/aromatic N) is 2. The Balaban J connectivity index is 2.18. The highest BCUT2D eigenvalue weighted by atomic mass is 32.2. The molecule has 0 saturated heterocycles. The molecular formula is C12H17N3OS. The maximum absolute atomic E-state index is 8.69. The highest BCUT2D eigenvalue weighted by molar-refractivity contribution is 7.99. The molecule has 0 bridgehead atoms. The van der Waals surface area contributed by atoms with Gasteiger partial charge in [-0.1, -0.05) is 18.0 Å². The van der Waals surface area contributed by atoms with Crippen molar-refractivity contribution in [1.82, 2.24) is 4.98 Å². The molecule has 0 aliphatic heterocycles. The summed E-state index contributed by atoms with van der Waals surface area (Å²) >= 11 is 1.80. The molecule has 92 valence electrons. The average Bonchev–Trinajstić information content (AvgIpc) is 2.80. The minimum Gasteiger partial charge on any atom is -0.409 e. The van der Waals surface area contributed by atoms with Gasteiger partial charge in [0, 0.05) is 16.5 Å². The van der Waals surface area contributed by atoms with Gasteiger partial charge >= 0.3 is 0 Å². The van der Waals surface area contributed by atoms with Crippen molar-refractivity contribution >= 4 is 17.6 Å². The van der Waals surface area contributed by atoms with Crippen molar-refractivity contribution in [3.05, 3.63) is 23.4 Å². The summed E-state index contributed by atoms with van der Waals surface area (Å²) < 4.78 is 0. The van der Waals surface area contributed by atoms with E-state index in [9.17, 15) is 0 Å². The largest absolute Gasteiger partial charge is 0.409 e. The summed E-state index contributed by atoms with van der Waals surface area (Å²) in [6, 6.07) is 3.72. The molecule has 4 nitrogen and oxygen atoms in total. The summed E-state index contributed by atoms with van der Waals surface area (Å²) in [6.07, 6.45) is 5.16. The van der Waals surface area contributed by atoms with Crippen LogP contribution >= 0.6 is 11.8 Å². The molecule has 5 heteroatoms. The second kappa shape index (κ2) is 5.40. The third-order valence-corrected chi connectivity index (χ3v) is 4.18. The molecule has 1 saturated carbocycles. The molecule has 1 fully saturated rings. The third-order valence-electron chi connectivity index (χ3n) is 2.92. The molecule has 2 rings (SSSR count). The minimum absolute atomic E-state index is 0.142. The average molecular weight is 251 g/mol. The van der Waals surface area contributed by atoms with Gasteiger partial charge in [0.1, 0.15) is 0 Å². The first kappa shape index (κ1) is 12.2. The maximum Gasteiger partial charge on any atom is 0.170 e. The molecule has 0 atom stereocenters. The Hall–Kier alpha value is -1.23. The smallest absolute Gasteiger partial charge is 0.170 e. The number of oxime groups is 1. The number of amidine groups is 1. The summed E-state index contributed by atoms with van der Waals surface area (Å²) in [5, 5.41) is 13.4. The fourth-order valence-corrected chi connectivity index (χ4v) is 3.38. The number of pyridine rings is 1. The number of rotatable bonds is 3. The normalized spacial score (nSPS) is 17.6. The van der Waals surface area contributed by atoms with Crippen molar-refractivity contribution in [2.45, 2.75) is 42.9 Å². The van der Waals surface area contributed by atoms with Gasteiger partial charge in [-0.25, -0.2) is 4.98 Å². The van der Waals surface area contributed by atoms with Gasteiger partial charge in [0.15, 0.2) is 5.84 Å². The van der Waals surface area contributed by atoms with Gasteiger partial charge in [0.25, 0.3) is 0 Å². The third kappa shape index (κ3) is 3.12. The standard InChI is InChI=1S/C12H17N3OS/c1-8-6-9(12(13)15-16)7-11(14-8)17-10-4-2-3-5-10/h6-7,10,16H,2-5H2,1H3,(H2,13,15). The van der Waals surface area contributed by atoms with Crippen LogP contribution < -0.4 is 5.73 Å². The first-order chi connectivity index (χ1) is 8.19. The van der Waals surface area contributed by atoms with Gasteiger partial charge in [-0.05, 0) is 31.9 Å². The number of hydrogen-bond acceptors (Lipinski definition) is 4. The molecule has 3 N–H and O–H groups in total. The van der Waals surface area contributed by atoms with Crippen LogP contribution in [0.1, 0.15) is 36.9 Å². The number of hydrogen-bond donors (Lipinski definition) is 2. The van der Waals surface area contributed by atoms with E-state index < -0.39 is 0 Å². The maximum atomic E-state index is 8.69. The Labute approximate surface area is 105 Å². The molecule has 0 radical (unpaired) electrons. The van der Waals surface area contributed by atoms with Crippen LogP contribution in [0.15, 0.2) is 22.3 Å². The fraction of sp³-hybridized carbons (Fsp3) is 0.500. The summed E-state index contributed by atoms with van der Waals surface area (Å²) in [6.45, 7) is 1.92. The topological polar surface area (TPSA) is 71.5 Å². The predicted molar refractivity (Wildman–Crippen MR) is 69.6 cm³/mol.